The molecule has 2 amide bonds. The molecular weight excluding hydrogens is 402 g/mol. The van der Waals surface area contributed by atoms with Crippen LogP contribution in [0.3, 0.4) is 0 Å². The van der Waals surface area contributed by atoms with E-state index < -0.39 is 11.6 Å². The first-order chi connectivity index (χ1) is 15.0. The van der Waals surface area contributed by atoms with Gasteiger partial charge in [0.1, 0.15) is 5.75 Å². The Kier molecular flexibility index (Phi) is 8.38. The van der Waals surface area contributed by atoms with E-state index in [1.165, 1.54) is 6.07 Å². The number of rotatable bonds is 9. The second-order valence-corrected chi connectivity index (χ2v) is 7.82. The summed E-state index contributed by atoms with van der Waals surface area (Å²) >= 11 is 0. The normalized spacial score (nSPS) is 16.1. The summed E-state index contributed by atoms with van der Waals surface area (Å²) in [5, 5.41) is 2.74. The van der Waals surface area contributed by atoms with Crippen molar-refractivity contribution in [1.29, 1.82) is 0 Å². The first-order valence-electron chi connectivity index (χ1n) is 10.7. The van der Waals surface area contributed by atoms with Crippen LogP contribution in [0.25, 0.3) is 0 Å². The van der Waals surface area contributed by atoms with Crippen molar-refractivity contribution in [2.24, 2.45) is 5.92 Å². The predicted octanol–water partition coefficient (Wildman–Crippen LogP) is 4.07. The Morgan fingerprint density at radius 3 is 2.65 bits per heavy atom. The van der Waals surface area contributed by atoms with Crippen LogP contribution in [0.5, 0.6) is 5.75 Å². The number of likely N-dealkylation sites (tertiary alicyclic amines) is 1. The highest BCUT2D eigenvalue weighted by atomic mass is 19.2. The summed E-state index contributed by atoms with van der Waals surface area (Å²) in [7, 11) is 0. The number of nitrogens with zero attached hydrogens (tertiary/aromatic N) is 1. The van der Waals surface area contributed by atoms with Gasteiger partial charge >= 0.3 is 0 Å². The second-order valence-electron chi connectivity index (χ2n) is 7.82. The van der Waals surface area contributed by atoms with Gasteiger partial charge in [0.15, 0.2) is 11.6 Å². The standard InChI is InChI=1S/C24H28F2N2O3/c25-21-10-8-19(15-22(21)26)16-27-23(29)11-9-18-5-4-13-28(17-18)24(30)12-14-31-20-6-2-1-3-7-20/h1-3,6-8,10,15,18H,4-5,9,11-14,16-17H2,(H,27,29). The number of nitrogens with one attached hydrogen (secondary N) is 1. The van der Waals surface area contributed by atoms with E-state index in [9.17, 15) is 18.4 Å². The Morgan fingerprint density at radius 1 is 1.06 bits per heavy atom. The molecule has 5 nitrogen and oxygen atoms in total. The minimum atomic E-state index is -0.923. The summed E-state index contributed by atoms with van der Waals surface area (Å²) in [5.41, 5.74) is 0.513. The smallest absolute Gasteiger partial charge is 0.226 e. The Morgan fingerprint density at radius 2 is 1.87 bits per heavy atom. The van der Waals surface area contributed by atoms with E-state index >= 15 is 0 Å². The number of hydrogen-bond acceptors (Lipinski definition) is 3. The summed E-state index contributed by atoms with van der Waals surface area (Å²) in [6.45, 7) is 1.90. The summed E-state index contributed by atoms with van der Waals surface area (Å²) in [6.07, 6.45) is 3.27. The average molecular weight is 430 g/mol. The molecule has 1 aliphatic heterocycles. The van der Waals surface area contributed by atoms with Crippen LogP contribution in [0.4, 0.5) is 8.78 Å². The molecule has 1 unspecified atom stereocenters. The van der Waals surface area contributed by atoms with Crippen LogP contribution in [-0.2, 0) is 16.1 Å². The fraction of sp³-hybridized carbons (Fsp3) is 0.417. The quantitative estimate of drug-likeness (QED) is 0.653. The van der Waals surface area contributed by atoms with Gasteiger partial charge in [0.25, 0.3) is 0 Å². The molecule has 1 heterocycles. The predicted molar refractivity (Wildman–Crippen MR) is 113 cm³/mol. The van der Waals surface area contributed by atoms with Crippen molar-refractivity contribution in [1.82, 2.24) is 10.2 Å². The first-order valence-corrected chi connectivity index (χ1v) is 10.7. The zero-order chi connectivity index (χ0) is 22.1. The molecule has 2 aromatic carbocycles. The SMILES string of the molecule is O=C(CCC1CCCN(C(=O)CCOc2ccccc2)C1)NCc1ccc(F)c(F)c1. The number of carbonyl (C=O) groups is 2. The van der Waals surface area contributed by atoms with Gasteiger partial charge in [0.05, 0.1) is 13.0 Å². The van der Waals surface area contributed by atoms with Gasteiger partial charge in [0.2, 0.25) is 11.8 Å². The Bertz CT molecular complexity index is 876. The summed E-state index contributed by atoms with van der Waals surface area (Å²) < 4.78 is 31.8. The number of halogens is 2. The van der Waals surface area contributed by atoms with Crippen molar-refractivity contribution in [2.45, 2.75) is 38.6 Å². The Labute approximate surface area is 181 Å². The van der Waals surface area contributed by atoms with Gasteiger partial charge < -0.3 is 15.0 Å². The van der Waals surface area contributed by atoms with E-state index in [-0.39, 0.29) is 24.3 Å². The third-order valence-corrected chi connectivity index (χ3v) is 5.45. The van der Waals surface area contributed by atoms with Gasteiger partial charge in [0, 0.05) is 26.1 Å². The van der Waals surface area contributed by atoms with Gasteiger partial charge in [-0.2, -0.15) is 0 Å². The molecule has 1 fully saturated rings. The van der Waals surface area contributed by atoms with Crippen molar-refractivity contribution in [3.05, 3.63) is 65.7 Å². The van der Waals surface area contributed by atoms with Crippen LogP contribution in [0.1, 0.15) is 37.7 Å². The number of piperidine rings is 1. The zero-order valence-corrected chi connectivity index (χ0v) is 17.5. The summed E-state index contributed by atoms with van der Waals surface area (Å²) in [5.74, 6) is -0.859. The van der Waals surface area contributed by atoms with Crippen LogP contribution in [0.15, 0.2) is 48.5 Å². The topological polar surface area (TPSA) is 58.6 Å². The molecule has 7 heteroatoms. The highest BCUT2D eigenvalue weighted by Gasteiger charge is 2.24. The molecule has 0 aromatic heterocycles. The number of ether oxygens (including phenoxy) is 1. The summed E-state index contributed by atoms with van der Waals surface area (Å²) in [4.78, 5) is 26.5. The molecule has 31 heavy (non-hydrogen) atoms. The van der Waals surface area contributed by atoms with E-state index in [0.717, 1.165) is 37.3 Å². The minimum absolute atomic E-state index is 0.0726. The lowest BCUT2D eigenvalue weighted by atomic mass is 9.93. The number of benzene rings is 2. The number of hydrogen-bond donors (Lipinski definition) is 1. The highest BCUT2D eigenvalue weighted by molar-refractivity contribution is 5.77. The monoisotopic (exact) mass is 430 g/mol. The number of amides is 2. The fourth-order valence-corrected chi connectivity index (χ4v) is 3.73. The molecule has 166 valence electrons. The molecule has 3 rings (SSSR count). The molecule has 1 atom stereocenters. The maximum Gasteiger partial charge on any atom is 0.226 e. The maximum atomic E-state index is 13.2. The molecule has 1 saturated heterocycles. The number of carbonyl (C=O) groups excluding carboxylic acids is 2. The van der Waals surface area contributed by atoms with Crippen molar-refractivity contribution in [2.75, 3.05) is 19.7 Å². The molecule has 0 aliphatic carbocycles. The molecule has 0 bridgehead atoms. The summed E-state index contributed by atoms with van der Waals surface area (Å²) in [6, 6.07) is 13.0. The Hall–Kier alpha value is -2.96. The average Bonchev–Trinajstić information content (AvgIpc) is 2.79. The third kappa shape index (κ3) is 7.35. The van der Waals surface area contributed by atoms with Gasteiger partial charge in [-0.05, 0) is 55.0 Å². The molecular formula is C24H28F2N2O3. The van der Waals surface area contributed by atoms with Gasteiger partial charge in [-0.25, -0.2) is 8.78 Å². The Balaban J connectivity index is 1.35. The van der Waals surface area contributed by atoms with Crippen LogP contribution in [-0.4, -0.2) is 36.4 Å². The van der Waals surface area contributed by atoms with E-state index in [0.29, 0.717) is 38.0 Å². The van der Waals surface area contributed by atoms with Crippen molar-refractivity contribution in [3.8, 4) is 5.75 Å². The lowest BCUT2D eigenvalue weighted by Crippen LogP contribution is -2.40. The van der Waals surface area contributed by atoms with Crippen molar-refractivity contribution in [3.63, 3.8) is 0 Å². The molecule has 1 aliphatic rings. The minimum Gasteiger partial charge on any atom is -0.493 e. The van der Waals surface area contributed by atoms with Crippen LogP contribution in [0, 0.1) is 17.6 Å². The maximum absolute atomic E-state index is 13.2. The van der Waals surface area contributed by atoms with E-state index in [2.05, 4.69) is 5.32 Å². The van der Waals surface area contributed by atoms with Crippen molar-refractivity contribution >= 4 is 11.8 Å². The van der Waals surface area contributed by atoms with E-state index in [1.54, 1.807) is 0 Å². The van der Waals surface area contributed by atoms with Crippen LogP contribution < -0.4 is 10.1 Å². The third-order valence-electron chi connectivity index (χ3n) is 5.45. The molecule has 2 aromatic rings. The molecule has 1 N–H and O–H groups in total. The van der Waals surface area contributed by atoms with Gasteiger partial charge in [-0.3, -0.25) is 9.59 Å². The first kappa shape index (κ1) is 22.7. The van der Waals surface area contributed by atoms with E-state index in [4.69, 9.17) is 4.74 Å². The fourth-order valence-electron chi connectivity index (χ4n) is 3.73. The molecule has 0 saturated carbocycles. The van der Waals surface area contributed by atoms with Gasteiger partial charge in [-0.1, -0.05) is 24.3 Å². The number of para-hydroxylation sites is 1. The van der Waals surface area contributed by atoms with Gasteiger partial charge in [-0.15, -0.1) is 0 Å². The second kappa shape index (κ2) is 11.4. The highest BCUT2D eigenvalue weighted by Crippen LogP contribution is 2.22. The van der Waals surface area contributed by atoms with E-state index in [1.807, 2.05) is 35.2 Å². The largest absolute Gasteiger partial charge is 0.493 e. The lowest BCUT2D eigenvalue weighted by Gasteiger charge is -2.33. The molecule has 0 radical (unpaired) electrons. The lowest BCUT2D eigenvalue weighted by molar-refractivity contribution is -0.133. The van der Waals surface area contributed by atoms with Crippen LogP contribution in [0.2, 0.25) is 0 Å². The van der Waals surface area contributed by atoms with Crippen molar-refractivity contribution < 1.29 is 23.1 Å². The molecule has 0 spiro atoms. The zero-order valence-electron chi connectivity index (χ0n) is 17.5. The van der Waals surface area contributed by atoms with Crippen LogP contribution >= 0.6 is 0 Å².